The fraction of sp³-hybridized carbons (Fsp3) is 0.619. The Morgan fingerprint density at radius 3 is 2.61 bits per heavy atom. The van der Waals surface area contributed by atoms with Crippen LogP contribution in [0.1, 0.15) is 67.3 Å². The largest absolute Gasteiger partial charge is 0.339 e. The summed E-state index contributed by atoms with van der Waals surface area (Å²) in [4.78, 5) is 34.7. The first-order valence-corrected chi connectivity index (χ1v) is 10.2. The number of carbonyl (C=O) groups is 1. The summed E-state index contributed by atoms with van der Waals surface area (Å²) in [5.41, 5.74) is 3.12. The van der Waals surface area contributed by atoms with E-state index in [1.54, 1.807) is 10.9 Å². The van der Waals surface area contributed by atoms with Crippen LogP contribution in [0, 0.1) is 18.3 Å². The Labute approximate surface area is 165 Å². The summed E-state index contributed by atoms with van der Waals surface area (Å²) >= 11 is 0. The van der Waals surface area contributed by atoms with Gasteiger partial charge in [-0.15, -0.1) is 0 Å². The third kappa shape index (κ3) is 3.27. The molecule has 1 N–H and O–H groups in total. The Kier molecular flexibility index (Phi) is 4.63. The van der Waals surface area contributed by atoms with Gasteiger partial charge >= 0.3 is 0 Å². The van der Waals surface area contributed by atoms with E-state index in [0.29, 0.717) is 23.1 Å². The minimum atomic E-state index is -0.0930. The van der Waals surface area contributed by atoms with Gasteiger partial charge in [-0.25, -0.2) is 9.67 Å². The lowest BCUT2D eigenvalue weighted by Crippen LogP contribution is -2.41. The molecule has 150 valence electrons. The molecule has 2 aliphatic rings. The fourth-order valence-electron chi connectivity index (χ4n) is 4.48. The molecule has 7 nitrogen and oxygen atoms in total. The van der Waals surface area contributed by atoms with Gasteiger partial charge in [0.2, 0.25) is 5.95 Å². The average Bonchev–Trinajstić information content (AvgIpc) is 3.27. The lowest BCUT2D eigenvalue weighted by molar-refractivity contribution is 0.0608. The van der Waals surface area contributed by atoms with Gasteiger partial charge in [0.15, 0.2) is 0 Å². The molecular weight excluding hydrogens is 354 g/mol. The van der Waals surface area contributed by atoms with Crippen molar-refractivity contribution in [1.29, 1.82) is 0 Å². The van der Waals surface area contributed by atoms with E-state index >= 15 is 0 Å². The minimum absolute atomic E-state index is 0.0135. The second-order valence-electron chi connectivity index (χ2n) is 9.16. The van der Waals surface area contributed by atoms with E-state index in [0.717, 1.165) is 56.5 Å². The van der Waals surface area contributed by atoms with Crippen molar-refractivity contribution in [3.05, 3.63) is 39.1 Å². The Morgan fingerprint density at radius 2 is 1.93 bits per heavy atom. The molecule has 1 saturated heterocycles. The van der Waals surface area contributed by atoms with Gasteiger partial charge in [-0.1, -0.05) is 20.8 Å². The molecule has 0 saturated carbocycles. The van der Waals surface area contributed by atoms with Crippen LogP contribution in [0.5, 0.6) is 0 Å². The molecular formula is C21H29N5O2. The maximum absolute atomic E-state index is 13.1. The van der Waals surface area contributed by atoms with Crippen molar-refractivity contribution in [2.45, 2.75) is 59.8 Å². The van der Waals surface area contributed by atoms with Crippen LogP contribution >= 0.6 is 0 Å². The number of amides is 1. The zero-order valence-corrected chi connectivity index (χ0v) is 17.2. The van der Waals surface area contributed by atoms with Crippen LogP contribution < -0.4 is 5.56 Å². The van der Waals surface area contributed by atoms with Crippen molar-refractivity contribution >= 4 is 5.91 Å². The highest BCUT2D eigenvalue weighted by atomic mass is 16.2. The Morgan fingerprint density at radius 1 is 1.21 bits per heavy atom. The molecule has 1 aliphatic heterocycles. The molecule has 2 aromatic rings. The number of carbonyl (C=O) groups excluding carboxylic acids is 1. The third-order valence-corrected chi connectivity index (χ3v) is 6.38. The lowest BCUT2D eigenvalue weighted by atomic mass is 9.75. The monoisotopic (exact) mass is 383 g/mol. The highest BCUT2D eigenvalue weighted by Gasteiger charge is 2.32. The van der Waals surface area contributed by atoms with Crippen molar-refractivity contribution in [3.63, 3.8) is 0 Å². The van der Waals surface area contributed by atoms with Crippen molar-refractivity contribution < 1.29 is 4.79 Å². The van der Waals surface area contributed by atoms with Gasteiger partial charge in [-0.3, -0.25) is 14.6 Å². The zero-order valence-electron chi connectivity index (χ0n) is 17.2. The SMILES string of the molecule is Cc1c(C(=O)N2CCC(C(C)(C)C)CC2)cnn1-c1nc2c(c(=O)[nH]1)CCC2. The molecule has 7 heteroatoms. The molecule has 28 heavy (non-hydrogen) atoms. The van der Waals surface area contributed by atoms with Crippen molar-refractivity contribution in [1.82, 2.24) is 24.6 Å². The first-order valence-electron chi connectivity index (χ1n) is 10.2. The molecule has 1 aliphatic carbocycles. The number of H-pyrrole nitrogens is 1. The van der Waals surface area contributed by atoms with Crippen LogP contribution in [0.15, 0.2) is 11.0 Å². The third-order valence-electron chi connectivity index (χ3n) is 6.38. The van der Waals surface area contributed by atoms with Gasteiger partial charge in [-0.05, 0) is 50.4 Å². The lowest BCUT2D eigenvalue weighted by Gasteiger charge is -2.38. The highest BCUT2D eigenvalue weighted by Crippen LogP contribution is 2.34. The fourth-order valence-corrected chi connectivity index (χ4v) is 4.48. The molecule has 0 bridgehead atoms. The number of aryl methyl sites for hydroxylation is 1. The van der Waals surface area contributed by atoms with Crippen LogP contribution in [0.25, 0.3) is 5.95 Å². The molecule has 0 atom stereocenters. The van der Waals surface area contributed by atoms with Crippen LogP contribution in [0.2, 0.25) is 0 Å². The molecule has 0 unspecified atom stereocenters. The molecule has 1 fully saturated rings. The standard InChI is InChI=1S/C21H29N5O2/c1-13-16(19(28)25-10-8-14(9-11-25)21(2,3)4)12-22-26(13)20-23-17-7-5-6-15(17)18(27)24-20/h12,14H,5-11H2,1-4H3,(H,23,24,27). The van der Waals surface area contributed by atoms with Crippen molar-refractivity contribution in [3.8, 4) is 5.95 Å². The number of hydrogen-bond donors (Lipinski definition) is 1. The topological polar surface area (TPSA) is 83.9 Å². The summed E-state index contributed by atoms with van der Waals surface area (Å²) in [5.74, 6) is 1.05. The van der Waals surface area contributed by atoms with Gasteiger partial charge in [-0.2, -0.15) is 5.10 Å². The van der Waals surface area contributed by atoms with Crippen molar-refractivity contribution in [2.24, 2.45) is 11.3 Å². The van der Waals surface area contributed by atoms with Crippen LogP contribution in [0.3, 0.4) is 0 Å². The summed E-state index contributed by atoms with van der Waals surface area (Å²) < 4.78 is 1.58. The predicted octanol–water partition coefficient (Wildman–Crippen LogP) is 2.65. The molecule has 4 rings (SSSR count). The van der Waals surface area contributed by atoms with Gasteiger partial charge in [0.25, 0.3) is 11.5 Å². The Bertz CT molecular complexity index is 958. The number of aromatic amines is 1. The summed E-state index contributed by atoms with van der Waals surface area (Å²) in [6.07, 6.45) is 6.22. The minimum Gasteiger partial charge on any atom is -0.339 e. The second kappa shape index (κ2) is 6.87. The summed E-state index contributed by atoms with van der Waals surface area (Å²) in [7, 11) is 0. The number of likely N-dealkylation sites (tertiary alicyclic amines) is 1. The Balaban J connectivity index is 1.55. The highest BCUT2D eigenvalue weighted by molar-refractivity contribution is 5.95. The summed E-state index contributed by atoms with van der Waals surface area (Å²) in [5, 5.41) is 4.36. The Hall–Kier alpha value is -2.44. The van der Waals surface area contributed by atoms with Gasteiger partial charge in [0, 0.05) is 18.7 Å². The molecule has 0 spiro atoms. The van der Waals surface area contributed by atoms with E-state index in [-0.39, 0.29) is 16.9 Å². The van der Waals surface area contributed by atoms with Gasteiger partial charge in [0.1, 0.15) is 0 Å². The summed E-state index contributed by atoms with van der Waals surface area (Å²) in [6.45, 7) is 10.2. The average molecular weight is 383 g/mol. The van der Waals surface area contributed by atoms with E-state index in [1.807, 2.05) is 11.8 Å². The van der Waals surface area contributed by atoms with E-state index in [2.05, 4.69) is 35.8 Å². The first-order chi connectivity index (χ1) is 13.3. The normalized spacial score (nSPS) is 17.8. The molecule has 3 heterocycles. The van der Waals surface area contributed by atoms with Crippen LogP contribution in [-0.4, -0.2) is 43.6 Å². The number of rotatable bonds is 2. The second-order valence-corrected chi connectivity index (χ2v) is 9.16. The number of fused-ring (bicyclic) bond motifs is 1. The zero-order chi connectivity index (χ0) is 20.1. The molecule has 0 radical (unpaired) electrons. The smallest absolute Gasteiger partial charge is 0.257 e. The predicted molar refractivity (Wildman–Crippen MR) is 107 cm³/mol. The first kappa shape index (κ1) is 18.9. The number of hydrogen-bond acceptors (Lipinski definition) is 4. The van der Waals surface area contributed by atoms with Crippen molar-refractivity contribution in [2.75, 3.05) is 13.1 Å². The summed E-state index contributed by atoms with van der Waals surface area (Å²) in [6, 6.07) is 0. The molecule has 1 amide bonds. The van der Waals surface area contributed by atoms with E-state index in [9.17, 15) is 9.59 Å². The quantitative estimate of drug-likeness (QED) is 0.864. The number of nitrogens with one attached hydrogen (secondary N) is 1. The van der Waals surface area contributed by atoms with Crippen LogP contribution in [0.4, 0.5) is 0 Å². The maximum Gasteiger partial charge on any atom is 0.257 e. The van der Waals surface area contributed by atoms with Gasteiger partial charge in [0.05, 0.1) is 23.1 Å². The molecule has 0 aromatic carbocycles. The number of aromatic nitrogens is 4. The number of nitrogens with zero attached hydrogens (tertiary/aromatic N) is 4. The van der Waals surface area contributed by atoms with Crippen LogP contribution in [-0.2, 0) is 12.8 Å². The molecule has 2 aromatic heterocycles. The maximum atomic E-state index is 13.1. The van der Waals surface area contributed by atoms with E-state index in [4.69, 9.17) is 0 Å². The van der Waals surface area contributed by atoms with E-state index in [1.165, 1.54) is 0 Å². The van der Waals surface area contributed by atoms with Gasteiger partial charge < -0.3 is 4.90 Å². The van der Waals surface area contributed by atoms with E-state index < -0.39 is 0 Å². The number of piperidine rings is 1.